The molecule has 1 N–H and O–H groups in total. The molecule has 0 fully saturated rings. The van der Waals surface area contributed by atoms with Crippen molar-refractivity contribution in [3.63, 3.8) is 0 Å². The number of nitrogens with one attached hydrogen (secondary N) is 1. The van der Waals surface area contributed by atoms with E-state index in [2.05, 4.69) is 52.2 Å². The molecule has 3 nitrogen and oxygen atoms in total. The number of nitrogens with zero attached hydrogens (tertiary/aromatic N) is 1. The van der Waals surface area contributed by atoms with Crippen molar-refractivity contribution >= 4 is 15.9 Å². The Morgan fingerprint density at radius 2 is 2.05 bits per heavy atom. The van der Waals surface area contributed by atoms with Gasteiger partial charge < -0.3 is 10.1 Å². The minimum Gasteiger partial charge on any atom is -0.383 e. The zero-order valence-corrected chi connectivity index (χ0v) is 13.8. The smallest absolute Gasteiger partial charge is 0.0587 e. The highest BCUT2D eigenvalue weighted by atomic mass is 79.9. The molecule has 0 radical (unpaired) electrons. The van der Waals surface area contributed by atoms with E-state index in [0.29, 0.717) is 0 Å². The third-order valence-corrected chi connectivity index (χ3v) is 4.30. The molecular weight excluding hydrogens is 304 g/mol. The van der Waals surface area contributed by atoms with Crippen molar-refractivity contribution in [2.75, 3.05) is 26.8 Å². The maximum absolute atomic E-state index is 5.08. The van der Waals surface area contributed by atoms with Gasteiger partial charge >= 0.3 is 0 Å². The van der Waals surface area contributed by atoms with E-state index in [1.54, 1.807) is 7.11 Å². The van der Waals surface area contributed by atoms with Gasteiger partial charge in [0.2, 0.25) is 0 Å². The molecular formula is C15H25BrN2O. The van der Waals surface area contributed by atoms with Gasteiger partial charge in [-0.25, -0.2) is 0 Å². The Balaban J connectivity index is 2.61. The predicted octanol–water partition coefficient (Wildman–Crippen LogP) is 3.43. The molecule has 0 bridgehead atoms. The maximum atomic E-state index is 5.08. The molecule has 0 atom stereocenters. The Morgan fingerprint density at radius 1 is 1.32 bits per heavy atom. The second-order valence-corrected chi connectivity index (χ2v) is 5.94. The first kappa shape index (κ1) is 16.6. The van der Waals surface area contributed by atoms with Crippen molar-refractivity contribution in [2.45, 2.75) is 33.1 Å². The van der Waals surface area contributed by atoms with Crippen molar-refractivity contribution in [3.8, 4) is 0 Å². The fourth-order valence-corrected chi connectivity index (χ4v) is 2.47. The molecule has 108 valence electrons. The van der Waals surface area contributed by atoms with Crippen LogP contribution in [-0.4, -0.2) is 31.8 Å². The molecule has 0 saturated heterocycles. The van der Waals surface area contributed by atoms with Crippen molar-refractivity contribution < 1.29 is 4.74 Å². The average molecular weight is 329 g/mol. The van der Waals surface area contributed by atoms with Crippen LogP contribution in [0, 0.1) is 5.41 Å². The molecule has 4 heteroatoms. The molecule has 0 amide bonds. The first-order valence-electron chi connectivity index (χ1n) is 6.96. The van der Waals surface area contributed by atoms with Crippen LogP contribution < -0.4 is 5.32 Å². The van der Waals surface area contributed by atoms with E-state index in [0.717, 1.165) is 43.4 Å². The van der Waals surface area contributed by atoms with Gasteiger partial charge in [-0.3, -0.25) is 4.98 Å². The summed E-state index contributed by atoms with van der Waals surface area (Å²) in [5.74, 6) is 0. The second-order valence-electron chi connectivity index (χ2n) is 5.02. The lowest BCUT2D eigenvalue weighted by molar-refractivity contribution is 0.185. The van der Waals surface area contributed by atoms with Gasteiger partial charge in [-0.2, -0.15) is 0 Å². The number of ether oxygens (including phenoxy) is 1. The summed E-state index contributed by atoms with van der Waals surface area (Å²) in [4.78, 5) is 4.50. The number of hydrogen-bond acceptors (Lipinski definition) is 3. The zero-order valence-electron chi connectivity index (χ0n) is 12.2. The Hall–Kier alpha value is -0.450. The molecule has 1 heterocycles. The number of halogens is 1. The van der Waals surface area contributed by atoms with Crippen LogP contribution in [0.2, 0.25) is 0 Å². The maximum Gasteiger partial charge on any atom is 0.0587 e. The molecule has 0 aliphatic rings. The molecule has 0 spiro atoms. The fourth-order valence-electron chi connectivity index (χ4n) is 2.24. The summed E-state index contributed by atoms with van der Waals surface area (Å²) in [7, 11) is 1.74. The van der Waals surface area contributed by atoms with Crippen molar-refractivity contribution in [1.29, 1.82) is 0 Å². The molecule has 1 aromatic heterocycles. The standard InChI is InChI=1S/C15H25BrN2O/c1-4-15(5-2,12-17-8-9-19-3)10-14-7-6-13(16)11-18-14/h6-7,11,17H,4-5,8-10,12H2,1-3H3. The number of pyridine rings is 1. The SMILES string of the molecule is CCC(CC)(CNCCOC)Cc1ccc(Br)cn1. The van der Waals surface area contributed by atoms with Gasteiger partial charge in [0.05, 0.1) is 6.61 Å². The van der Waals surface area contributed by atoms with E-state index in [4.69, 9.17) is 4.74 Å². The van der Waals surface area contributed by atoms with E-state index >= 15 is 0 Å². The molecule has 0 unspecified atom stereocenters. The van der Waals surface area contributed by atoms with E-state index in [1.807, 2.05) is 6.20 Å². The average Bonchev–Trinajstić information content (AvgIpc) is 2.45. The first-order valence-corrected chi connectivity index (χ1v) is 7.75. The van der Waals surface area contributed by atoms with Gasteiger partial charge in [0.25, 0.3) is 0 Å². The highest BCUT2D eigenvalue weighted by Gasteiger charge is 2.26. The topological polar surface area (TPSA) is 34.1 Å². The predicted molar refractivity (Wildman–Crippen MR) is 83.4 cm³/mol. The number of hydrogen-bond donors (Lipinski definition) is 1. The minimum atomic E-state index is 0.286. The molecule has 0 saturated carbocycles. The molecule has 1 rings (SSSR count). The van der Waals surface area contributed by atoms with Crippen molar-refractivity contribution in [1.82, 2.24) is 10.3 Å². The first-order chi connectivity index (χ1) is 9.15. The van der Waals surface area contributed by atoms with Crippen LogP contribution in [0.25, 0.3) is 0 Å². The van der Waals surface area contributed by atoms with Crippen LogP contribution in [0.1, 0.15) is 32.4 Å². The monoisotopic (exact) mass is 328 g/mol. The van der Waals surface area contributed by atoms with Crippen molar-refractivity contribution in [3.05, 3.63) is 28.5 Å². The highest BCUT2D eigenvalue weighted by Crippen LogP contribution is 2.30. The lowest BCUT2D eigenvalue weighted by Gasteiger charge is -2.32. The highest BCUT2D eigenvalue weighted by molar-refractivity contribution is 9.10. The second kappa shape index (κ2) is 8.67. The zero-order chi connectivity index (χ0) is 14.1. The van der Waals surface area contributed by atoms with Gasteiger partial charge in [0.1, 0.15) is 0 Å². The van der Waals surface area contributed by atoms with Gasteiger partial charge in [-0.15, -0.1) is 0 Å². The summed E-state index contributed by atoms with van der Waals surface area (Å²) in [6.45, 7) is 7.22. The normalized spacial score (nSPS) is 11.8. The Morgan fingerprint density at radius 3 is 2.58 bits per heavy atom. The molecule has 0 aliphatic heterocycles. The van der Waals surface area contributed by atoms with Crippen LogP contribution in [0.4, 0.5) is 0 Å². The van der Waals surface area contributed by atoms with Gasteiger partial charge in [0, 0.05) is 36.6 Å². The molecule has 0 aromatic carbocycles. The number of methoxy groups -OCH3 is 1. The molecule has 1 aromatic rings. The molecule has 0 aliphatic carbocycles. The summed E-state index contributed by atoms with van der Waals surface area (Å²) in [6.07, 6.45) is 5.21. The Labute approximate surface area is 125 Å². The summed E-state index contributed by atoms with van der Waals surface area (Å²) in [5, 5.41) is 3.50. The number of aromatic nitrogens is 1. The van der Waals surface area contributed by atoms with Crippen LogP contribution in [0.5, 0.6) is 0 Å². The number of rotatable bonds is 9. The van der Waals surface area contributed by atoms with Crippen LogP contribution in [0.3, 0.4) is 0 Å². The quantitative estimate of drug-likeness (QED) is 0.705. The summed E-state index contributed by atoms with van der Waals surface area (Å²) >= 11 is 3.43. The molecule has 19 heavy (non-hydrogen) atoms. The summed E-state index contributed by atoms with van der Waals surface area (Å²) < 4.78 is 6.11. The summed E-state index contributed by atoms with van der Waals surface area (Å²) in [6, 6.07) is 4.18. The lowest BCUT2D eigenvalue weighted by Crippen LogP contribution is -2.37. The third kappa shape index (κ3) is 5.59. The van der Waals surface area contributed by atoms with Crippen LogP contribution in [0.15, 0.2) is 22.8 Å². The van der Waals surface area contributed by atoms with E-state index in [9.17, 15) is 0 Å². The Kier molecular flexibility index (Phi) is 7.57. The Bertz CT molecular complexity index is 350. The van der Waals surface area contributed by atoms with Gasteiger partial charge in [-0.1, -0.05) is 13.8 Å². The fraction of sp³-hybridized carbons (Fsp3) is 0.667. The third-order valence-electron chi connectivity index (χ3n) is 3.83. The van der Waals surface area contributed by atoms with Crippen LogP contribution in [-0.2, 0) is 11.2 Å². The van der Waals surface area contributed by atoms with E-state index in [1.165, 1.54) is 5.69 Å². The lowest BCUT2D eigenvalue weighted by atomic mass is 9.78. The van der Waals surface area contributed by atoms with Crippen LogP contribution >= 0.6 is 15.9 Å². The van der Waals surface area contributed by atoms with Gasteiger partial charge in [0.15, 0.2) is 0 Å². The van der Waals surface area contributed by atoms with E-state index in [-0.39, 0.29) is 5.41 Å². The van der Waals surface area contributed by atoms with Crippen molar-refractivity contribution in [2.24, 2.45) is 5.41 Å². The largest absolute Gasteiger partial charge is 0.383 e. The summed E-state index contributed by atoms with van der Waals surface area (Å²) in [5.41, 5.74) is 1.45. The van der Waals surface area contributed by atoms with Gasteiger partial charge in [-0.05, 0) is 52.7 Å². The van der Waals surface area contributed by atoms with E-state index < -0.39 is 0 Å². The minimum absolute atomic E-state index is 0.286.